The van der Waals surface area contributed by atoms with Crippen molar-refractivity contribution in [3.05, 3.63) is 60.8 Å². The Bertz CT molecular complexity index is 1570. The van der Waals surface area contributed by atoms with E-state index in [0.29, 0.717) is 38.5 Å². The van der Waals surface area contributed by atoms with Crippen molar-refractivity contribution in [1.29, 1.82) is 0 Å². The SMILES string of the molecule is CC/C=C\CCCCCCCCCCCCCC(=O)OC[C@H](COP(=O)(O)O[C@H]1C(O)C(O)C(O)[C@@H](OP(=O)(O)O)C1O)OC(=O)CCC/C=C\C/C=C\C/C=C\C=C\C(=O)CCCCC. The van der Waals surface area contributed by atoms with Crippen molar-refractivity contribution in [1.82, 2.24) is 0 Å². The third kappa shape index (κ3) is 31.4. The van der Waals surface area contributed by atoms with E-state index in [0.717, 1.165) is 57.8 Å². The summed E-state index contributed by atoms with van der Waals surface area (Å²) in [6, 6.07) is 0. The predicted molar refractivity (Wildman–Crippen MR) is 251 cm³/mol. The maximum absolute atomic E-state index is 13.0. The number of allylic oxidation sites excluding steroid dienone is 10. The summed E-state index contributed by atoms with van der Waals surface area (Å²) in [7, 11) is -10.7. The Balaban J connectivity index is 2.65. The predicted octanol–water partition coefficient (Wildman–Crippen LogP) is 8.24. The number of carbonyl (C=O) groups is 3. The van der Waals surface area contributed by atoms with E-state index in [-0.39, 0.29) is 18.6 Å². The summed E-state index contributed by atoms with van der Waals surface area (Å²) in [6.07, 6.45) is 24.5. The largest absolute Gasteiger partial charge is 0.472 e. The Labute approximate surface area is 392 Å². The highest BCUT2D eigenvalue weighted by atomic mass is 31.2. The highest BCUT2D eigenvalue weighted by Gasteiger charge is 2.54. The number of phosphoric ester groups is 2. The average Bonchev–Trinajstić information content (AvgIpc) is 3.26. The van der Waals surface area contributed by atoms with Gasteiger partial charge in [0.05, 0.1) is 6.61 Å². The van der Waals surface area contributed by atoms with Crippen molar-refractivity contribution >= 4 is 33.4 Å². The van der Waals surface area contributed by atoms with Crippen molar-refractivity contribution in [3.8, 4) is 0 Å². The Kier molecular flexibility index (Phi) is 34.7. The van der Waals surface area contributed by atoms with Gasteiger partial charge >= 0.3 is 27.6 Å². The van der Waals surface area contributed by atoms with Gasteiger partial charge in [0.15, 0.2) is 11.9 Å². The lowest BCUT2D eigenvalue weighted by Crippen LogP contribution is -2.64. The molecule has 380 valence electrons. The number of rotatable bonds is 39. The molecule has 19 heteroatoms. The van der Waals surface area contributed by atoms with Crippen LogP contribution in [0.5, 0.6) is 0 Å². The number of hydrogen-bond donors (Lipinski definition) is 7. The van der Waals surface area contributed by atoms with Crippen LogP contribution in [0.25, 0.3) is 0 Å². The molecule has 8 atom stereocenters. The zero-order valence-corrected chi connectivity index (χ0v) is 40.9. The van der Waals surface area contributed by atoms with Gasteiger partial charge in [0, 0.05) is 19.3 Å². The first-order valence-electron chi connectivity index (χ1n) is 23.8. The summed E-state index contributed by atoms with van der Waals surface area (Å²) in [5.41, 5.74) is 0. The Morgan fingerprint density at radius 1 is 0.545 bits per heavy atom. The summed E-state index contributed by atoms with van der Waals surface area (Å²) < 4.78 is 49.3. The number of hydrogen-bond acceptors (Lipinski definition) is 14. The quantitative estimate of drug-likeness (QED) is 0.00763. The molecule has 1 aliphatic carbocycles. The summed E-state index contributed by atoms with van der Waals surface area (Å²) in [5, 5.41) is 41.2. The Hall–Kier alpha value is -2.63. The molecule has 0 heterocycles. The second-order valence-electron chi connectivity index (χ2n) is 16.5. The van der Waals surface area contributed by atoms with Crippen LogP contribution in [0.1, 0.15) is 162 Å². The van der Waals surface area contributed by atoms with Crippen LogP contribution in [0, 0.1) is 0 Å². The number of esters is 2. The van der Waals surface area contributed by atoms with Gasteiger partial charge in [-0.2, -0.15) is 0 Å². The highest BCUT2D eigenvalue weighted by molar-refractivity contribution is 7.47. The van der Waals surface area contributed by atoms with Crippen LogP contribution in [-0.2, 0) is 46.6 Å². The van der Waals surface area contributed by atoms with E-state index in [1.807, 2.05) is 36.5 Å². The number of ether oxygens (including phenoxy) is 2. The van der Waals surface area contributed by atoms with Gasteiger partial charge in [-0.05, 0) is 63.9 Å². The van der Waals surface area contributed by atoms with E-state index < -0.39 is 83.5 Å². The number of ketones is 1. The van der Waals surface area contributed by atoms with Gasteiger partial charge in [-0.3, -0.25) is 28.0 Å². The molecule has 0 aliphatic heterocycles. The third-order valence-electron chi connectivity index (χ3n) is 10.6. The van der Waals surface area contributed by atoms with E-state index in [9.17, 15) is 58.6 Å². The molecule has 0 aromatic rings. The van der Waals surface area contributed by atoms with Crippen LogP contribution >= 0.6 is 15.6 Å². The average molecular weight is 979 g/mol. The van der Waals surface area contributed by atoms with Gasteiger partial charge in [0.1, 0.15) is 43.2 Å². The Morgan fingerprint density at radius 2 is 1.08 bits per heavy atom. The molecule has 0 amide bonds. The number of aliphatic hydroxyl groups is 4. The van der Waals surface area contributed by atoms with E-state index in [1.165, 1.54) is 38.5 Å². The lowest BCUT2D eigenvalue weighted by atomic mass is 9.85. The third-order valence-corrected chi connectivity index (χ3v) is 12.1. The standard InChI is InChI=1S/C47H80O17P2/c1-3-5-7-8-9-10-11-12-13-14-17-20-23-26-30-34-40(49)60-36-39(37-61-66(58,59)64-47-44(53)42(51)43(52)46(45(47)54)63-65(55,56)57)62-41(50)35-31-27-24-21-18-15-16-19-22-25-29-33-38(48)32-28-6-4-2/h5,7,15-16,21-22,24-25,29,33,39,42-47,51-54H,3-4,6,8-14,17-20,23,26-28,30-32,34-37H2,1-2H3,(H,58,59)(H2,55,56,57)/b7-5-,16-15-,24-21-,25-22-,33-29+/t39-,42?,43?,44?,45?,46-,47+/m1/s1. The number of unbranched alkanes of at least 4 members (excludes halogenated alkanes) is 14. The molecule has 1 rings (SSSR count). The van der Waals surface area contributed by atoms with E-state index in [4.69, 9.17) is 18.5 Å². The lowest BCUT2D eigenvalue weighted by Gasteiger charge is -2.43. The lowest BCUT2D eigenvalue weighted by molar-refractivity contribution is -0.216. The molecular weight excluding hydrogens is 898 g/mol. The van der Waals surface area contributed by atoms with Crippen molar-refractivity contribution in [2.75, 3.05) is 13.2 Å². The van der Waals surface area contributed by atoms with Crippen LogP contribution in [0.2, 0.25) is 0 Å². The Morgan fingerprint density at radius 3 is 1.70 bits per heavy atom. The highest BCUT2D eigenvalue weighted by Crippen LogP contribution is 2.49. The van der Waals surface area contributed by atoms with Crippen LogP contribution in [0.15, 0.2) is 60.8 Å². The molecular formula is C47H80O17P2. The van der Waals surface area contributed by atoms with E-state index in [2.05, 4.69) is 30.5 Å². The van der Waals surface area contributed by atoms with Gasteiger partial charge in [-0.15, -0.1) is 0 Å². The molecule has 1 aliphatic rings. The number of aliphatic hydroxyl groups excluding tert-OH is 4. The molecule has 0 spiro atoms. The van der Waals surface area contributed by atoms with Gasteiger partial charge in [-0.25, -0.2) is 9.13 Å². The van der Waals surface area contributed by atoms with E-state index in [1.54, 1.807) is 12.2 Å². The van der Waals surface area contributed by atoms with Gasteiger partial charge in [-0.1, -0.05) is 139 Å². The topological polar surface area (TPSA) is 273 Å². The number of carbonyl (C=O) groups excluding carboxylic acids is 3. The molecule has 5 unspecified atom stereocenters. The minimum absolute atomic E-state index is 0.0596. The fourth-order valence-electron chi connectivity index (χ4n) is 6.86. The van der Waals surface area contributed by atoms with Crippen molar-refractivity contribution in [3.63, 3.8) is 0 Å². The molecule has 17 nitrogen and oxygen atoms in total. The molecule has 0 aromatic heterocycles. The molecule has 1 fully saturated rings. The molecule has 0 radical (unpaired) electrons. The fraction of sp³-hybridized carbons (Fsp3) is 0.723. The van der Waals surface area contributed by atoms with Crippen LogP contribution in [0.3, 0.4) is 0 Å². The van der Waals surface area contributed by atoms with Crippen LogP contribution in [0.4, 0.5) is 0 Å². The summed E-state index contributed by atoms with van der Waals surface area (Å²) in [5.74, 6) is -1.19. The molecule has 66 heavy (non-hydrogen) atoms. The molecule has 7 N–H and O–H groups in total. The first kappa shape index (κ1) is 61.4. The first-order chi connectivity index (χ1) is 31.5. The summed E-state index contributed by atoms with van der Waals surface area (Å²) >= 11 is 0. The van der Waals surface area contributed by atoms with Crippen molar-refractivity contribution < 1.29 is 81.7 Å². The second kappa shape index (κ2) is 37.3. The van der Waals surface area contributed by atoms with Gasteiger partial charge in [0.2, 0.25) is 0 Å². The van der Waals surface area contributed by atoms with Gasteiger partial charge in [0.25, 0.3) is 0 Å². The molecule has 0 aromatic carbocycles. The summed E-state index contributed by atoms with van der Waals surface area (Å²) in [6.45, 7) is 2.81. The second-order valence-corrected chi connectivity index (χ2v) is 19.1. The van der Waals surface area contributed by atoms with Gasteiger partial charge < -0.3 is 44.6 Å². The summed E-state index contributed by atoms with van der Waals surface area (Å²) in [4.78, 5) is 66.0. The minimum Gasteiger partial charge on any atom is -0.462 e. The number of phosphoric acid groups is 2. The van der Waals surface area contributed by atoms with Crippen molar-refractivity contribution in [2.45, 2.75) is 204 Å². The zero-order valence-electron chi connectivity index (χ0n) is 39.1. The molecule has 1 saturated carbocycles. The fourth-order valence-corrected chi connectivity index (χ4v) is 8.40. The van der Waals surface area contributed by atoms with Crippen LogP contribution < -0.4 is 0 Å². The van der Waals surface area contributed by atoms with E-state index >= 15 is 0 Å². The maximum atomic E-state index is 13.0. The zero-order chi connectivity index (χ0) is 49.1. The molecule has 0 bridgehead atoms. The van der Waals surface area contributed by atoms with Crippen molar-refractivity contribution in [2.24, 2.45) is 0 Å². The minimum atomic E-state index is -5.38. The maximum Gasteiger partial charge on any atom is 0.472 e. The van der Waals surface area contributed by atoms with Crippen LogP contribution in [-0.4, -0.2) is 109 Å². The smallest absolute Gasteiger partial charge is 0.462 e. The first-order valence-corrected chi connectivity index (χ1v) is 26.8. The monoisotopic (exact) mass is 978 g/mol. The normalized spacial score (nSPS) is 22.0. The molecule has 0 saturated heterocycles.